The maximum Gasteiger partial charge on any atom is 0.00558 e. The SMILES string of the molecule is CCCCCCCCSCCN. The molecule has 2 N–H and O–H groups in total. The Hall–Kier alpha value is 0.310. The van der Waals surface area contributed by atoms with Crippen LogP contribution in [-0.2, 0) is 0 Å². The average molecular weight is 189 g/mol. The molecule has 0 amide bonds. The largest absolute Gasteiger partial charge is 0.330 e. The fourth-order valence-corrected chi connectivity index (χ4v) is 1.95. The maximum absolute atomic E-state index is 5.39. The van der Waals surface area contributed by atoms with Crippen molar-refractivity contribution in [3.63, 3.8) is 0 Å². The molecule has 12 heavy (non-hydrogen) atoms. The third-order valence-corrected chi connectivity index (χ3v) is 3.01. The second kappa shape index (κ2) is 11.3. The summed E-state index contributed by atoms with van der Waals surface area (Å²) >= 11 is 1.99. The molecule has 0 rings (SSSR count). The van der Waals surface area contributed by atoms with Crippen molar-refractivity contribution in [1.82, 2.24) is 0 Å². The summed E-state index contributed by atoms with van der Waals surface area (Å²) < 4.78 is 0. The van der Waals surface area contributed by atoms with Crippen LogP contribution < -0.4 is 5.73 Å². The maximum atomic E-state index is 5.39. The molecule has 0 aromatic carbocycles. The van der Waals surface area contributed by atoms with Gasteiger partial charge in [0.1, 0.15) is 0 Å². The second-order valence-corrected chi connectivity index (χ2v) is 4.39. The van der Waals surface area contributed by atoms with Crippen LogP contribution in [0.3, 0.4) is 0 Å². The molecule has 0 fully saturated rings. The van der Waals surface area contributed by atoms with Crippen molar-refractivity contribution < 1.29 is 0 Å². The van der Waals surface area contributed by atoms with Gasteiger partial charge < -0.3 is 5.73 Å². The first kappa shape index (κ1) is 12.3. The predicted molar refractivity (Wildman–Crippen MR) is 59.8 cm³/mol. The van der Waals surface area contributed by atoms with E-state index in [1.54, 1.807) is 0 Å². The van der Waals surface area contributed by atoms with Gasteiger partial charge in [0.25, 0.3) is 0 Å². The van der Waals surface area contributed by atoms with Gasteiger partial charge in [0.15, 0.2) is 0 Å². The average Bonchev–Trinajstić information content (AvgIpc) is 2.10. The van der Waals surface area contributed by atoms with Gasteiger partial charge in [-0.15, -0.1) is 0 Å². The molecule has 0 radical (unpaired) electrons. The van der Waals surface area contributed by atoms with E-state index in [1.165, 1.54) is 44.3 Å². The van der Waals surface area contributed by atoms with E-state index in [0.29, 0.717) is 0 Å². The van der Waals surface area contributed by atoms with Gasteiger partial charge in [-0.3, -0.25) is 0 Å². The van der Waals surface area contributed by atoms with Crippen molar-refractivity contribution >= 4 is 11.8 Å². The van der Waals surface area contributed by atoms with Gasteiger partial charge in [-0.2, -0.15) is 11.8 Å². The lowest BCUT2D eigenvalue weighted by molar-refractivity contribution is 0.627. The molecule has 0 aromatic heterocycles. The Bertz CT molecular complexity index is 66.2. The van der Waals surface area contributed by atoms with Crippen LogP contribution in [-0.4, -0.2) is 18.1 Å². The minimum atomic E-state index is 0.834. The van der Waals surface area contributed by atoms with Crippen molar-refractivity contribution in [2.24, 2.45) is 5.73 Å². The lowest BCUT2D eigenvalue weighted by atomic mass is 10.1. The summed E-state index contributed by atoms with van der Waals surface area (Å²) in [5.74, 6) is 2.44. The summed E-state index contributed by atoms with van der Waals surface area (Å²) in [5, 5.41) is 0. The highest BCUT2D eigenvalue weighted by molar-refractivity contribution is 7.99. The number of thioether (sulfide) groups is 1. The second-order valence-electron chi connectivity index (χ2n) is 3.17. The minimum absolute atomic E-state index is 0.834. The molecule has 0 saturated heterocycles. The first-order valence-electron chi connectivity index (χ1n) is 5.19. The molecular formula is C10H23NS. The normalized spacial score (nSPS) is 10.5. The van der Waals surface area contributed by atoms with E-state index >= 15 is 0 Å². The van der Waals surface area contributed by atoms with Crippen molar-refractivity contribution in [3.05, 3.63) is 0 Å². The number of rotatable bonds is 9. The highest BCUT2D eigenvalue weighted by Gasteiger charge is 1.90. The summed E-state index contributed by atoms with van der Waals surface area (Å²) in [7, 11) is 0. The van der Waals surface area contributed by atoms with E-state index < -0.39 is 0 Å². The first-order valence-corrected chi connectivity index (χ1v) is 6.35. The Morgan fingerprint density at radius 2 is 1.58 bits per heavy atom. The van der Waals surface area contributed by atoms with E-state index in [0.717, 1.165) is 12.3 Å². The van der Waals surface area contributed by atoms with Gasteiger partial charge in [-0.05, 0) is 12.2 Å². The Labute approximate surface area is 81.5 Å². The molecule has 0 heterocycles. The molecule has 0 unspecified atom stereocenters. The highest BCUT2D eigenvalue weighted by Crippen LogP contribution is 2.08. The quantitative estimate of drug-likeness (QED) is 0.564. The van der Waals surface area contributed by atoms with Crippen LogP contribution in [0.5, 0.6) is 0 Å². The number of hydrogen-bond acceptors (Lipinski definition) is 2. The molecule has 0 atom stereocenters. The summed E-state index contributed by atoms with van der Waals surface area (Å²) in [6.45, 7) is 3.09. The molecule has 0 bridgehead atoms. The van der Waals surface area contributed by atoms with E-state index in [4.69, 9.17) is 5.73 Å². The van der Waals surface area contributed by atoms with E-state index in [9.17, 15) is 0 Å². The Kier molecular flexibility index (Phi) is 11.6. The monoisotopic (exact) mass is 189 g/mol. The summed E-state index contributed by atoms with van der Waals surface area (Å²) in [5.41, 5.74) is 5.39. The van der Waals surface area contributed by atoms with E-state index in [1.807, 2.05) is 11.8 Å². The summed E-state index contributed by atoms with van der Waals surface area (Å²) in [4.78, 5) is 0. The fourth-order valence-electron chi connectivity index (χ4n) is 1.17. The van der Waals surface area contributed by atoms with Gasteiger partial charge in [-0.25, -0.2) is 0 Å². The Balaban J connectivity index is 2.73. The molecule has 74 valence electrons. The topological polar surface area (TPSA) is 26.0 Å². The lowest BCUT2D eigenvalue weighted by Gasteiger charge is -2.00. The van der Waals surface area contributed by atoms with Crippen LogP contribution in [0, 0.1) is 0 Å². The van der Waals surface area contributed by atoms with Crippen LogP contribution in [0.15, 0.2) is 0 Å². The molecule has 0 aliphatic rings. The minimum Gasteiger partial charge on any atom is -0.330 e. The van der Waals surface area contributed by atoms with Crippen LogP contribution in [0.2, 0.25) is 0 Å². The zero-order valence-corrected chi connectivity index (χ0v) is 9.17. The first-order chi connectivity index (χ1) is 5.91. The fraction of sp³-hybridized carbons (Fsp3) is 1.00. The molecule has 0 spiro atoms. The van der Waals surface area contributed by atoms with Gasteiger partial charge in [-0.1, -0.05) is 39.0 Å². The molecule has 0 aliphatic carbocycles. The standard InChI is InChI=1S/C10H23NS/c1-2-3-4-5-6-7-9-12-10-8-11/h2-11H2,1H3. The van der Waals surface area contributed by atoms with Crippen molar-refractivity contribution in [2.45, 2.75) is 45.4 Å². The van der Waals surface area contributed by atoms with Crippen molar-refractivity contribution in [3.8, 4) is 0 Å². The third-order valence-electron chi connectivity index (χ3n) is 1.90. The predicted octanol–water partition coefficient (Wildman–Crippen LogP) is 3.04. The zero-order valence-electron chi connectivity index (χ0n) is 8.35. The van der Waals surface area contributed by atoms with Crippen LogP contribution >= 0.6 is 11.8 Å². The van der Waals surface area contributed by atoms with Gasteiger partial charge in [0, 0.05) is 12.3 Å². The molecule has 1 nitrogen and oxygen atoms in total. The Morgan fingerprint density at radius 3 is 2.25 bits per heavy atom. The van der Waals surface area contributed by atoms with Crippen molar-refractivity contribution in [2.75, 3.05) is 18.1 Å². The summed E-state index contributed by atoms with van der Waals surface area (Å²) in [6.07, 6.45) is 8.42. The van der Waals surface area contributed by atoms with Gasteiger partial charge in [0.05, 0.1) is 0 Å². The molecule has 0 saturated carbocycles. The third kappa shape index (κ3) is 10.3. The van der Waals surface area contributed by atoms with Crippen LogP contribution in [0.4, 0.5) is 0 Å². The van der Waals surface area contributed by atoms with Crippen molar-refractivity contribution in [1.29, 1.82) is 0 Å². The molecule has 0 aliphatic heterocycles. The summed E-state index contributed by atoms with van der Waals surface area (Å²) in [6, 6.07) is 0. The number of hydrogen-bond donors (Lipinski definition) is 1. The van der Waals surface area contributed by atoms with E-state index in [2.05, 4.69) is 6.92 Å². The van der Waals surface area contributed by atoms with Gasteiger partial charge >= 0.3 is 0 Å². The van der Waals surface area contributed by atoms with Crippen LogP contribution in [0.25, 0.3) is 0 Å². The molecule has 0 aromatic rings. The Morgan fingerprint density at radius 1 is 0.917 bits per heavy atom. The lowest BCUT2D eigenvalue weighted by Crippen LogP contribution is -2.01. The smallest absolute Gasteiger partial charge is 0.00558 e. The number of nitrogens with two attached hydrogens (primary N) is 1. The number of unbranched alkanes of at least 4 members (excludes halogenated alkanes) is 5. The highest BCUT2D eigenvalue weighted by atomic mass is 32.2. The molecular weight excluding hydrogens is 166 g/mol. The zero-order chi connectivity index (χ0) is 9.07. The van der Waals surface area contributed by atoms with Gasteiger partial charge in [0.2, 0.25) is 0 Å². The molecule has 2 heteroatoms. The van der Waals surface area contributed by atoms with E-state index in [-0.39, 0.29) is 0 Å². The van der Waals surface area contributed by atoms with Crippen LogP contribution in [0.1, 0.15) is 45.4 Å².